The van der Waals surface area contributed by atoms with Crippen molar-refractivity contribution in [3.63, 3.8) is 0 Å². The van der Waals surface area contributed by atoms with Gasteiger partial charge in [-0.1, -0.05) is 110 Å². The minimum Gasteiger partial charge on any atom is -0.509 e. The zero-order valence-corrected chi connectivity index (χ0v) is 26.5. The monoisotopic (exact) mass is 680 g/mol. The number of ether oxygens (including phenoxy) is 1. The van der Waals surface area contributed by atoms with Gasteiger partial charge in [0.15, 0.2) is 0 Å². The fourth-order valence-electron chi connectivity index (χ4n) is 6.46. The summed E-state index contributed by atoms with van der Waals surface area (Å²) in [5.74, 6) is 1.95. The van der Waals surface area contributed by atoms with Crippen molar-refractivity contribution in [3.8, 4) is 17.3 Å². The first-order valence-electron chi connectivity index (χ1n) is 14.3. The Balaban J connectivity index is 0.00000312. The number of benzene rings is 5. The minimum absolute atomic E-state index is 0. The van der Waals surface area contributed by atoms with Gasteiger partial charge in [0, 0.05) is 44.8 Å². The molecule has 0 unspecified atom stereocenters. The van der Waals surface area contributed by atoms with Gasteiger partial charge in [0.25, 0.3) is 0 Å². The SMILES string of the molecule is CC1(C)c2cccnc2-n2c3[c-]c(Oc4[c-]c(P(=O)(c5ccccc5)c5ccccc5)ccc4)ccc3c3cccc1c32.[Pd+2]. The van der Waals surface area contributed by atoms with E-state index < -0.39 is 7.14 Å². The van der Waals surface area contributed by atoms with Crippen LogP contribution in [0.4, 0.5) is 0 Å². The van der Waals surface area contributed by atoms with Gasteiger partial charge in [-0.25, -0.2) is 4.98 Å². The second-order valence-electron chi connectivity index (χ2n) is 11.4. The molecule has 0 atom stereocenters. The quantitative estimate of drug-likeness (QED) is 0.106. The Hall–Kier alpha value is -4.26. The maximum absolute atomic E-state index is 14.9. The maximum Gasteiger partial charge on any atom is 2.00 e. The number of hydrogen-bond donors (Lipinski definition) is 0. The number of nitrogens with zero attached hydrogens (tertiary/aromatic N) is 2. The van der Waals surface area contributed by atoms with E-state index in [9.17, 15) is 4.57 Å². The summed E-state index contributed by atoms with van der Waals surface area (Å²) in [7, 11) is -3.18. The summed E-state index contributed by atoms with van der Waals surface area (Å²) in [6, 6.07) is 46.4. The molecule has 6 heteroatoms. The molecule has 0 fully saturated rings. The second-order valence-corrected chi connectivity index (χ2v) is 14.1. The number of hydrogen-bond acceptors (Lipinski definition) is 3. The Labute approximate surface area is 270 Å². The predicted molar refractivity (Wildman–Crippen MR) is 174 cm³/mol. The van der Waals surface area contributed by atoms with E-state index in [0.29, 0.717) is 16.8 Å². The zero-order valence-electron chi connectivity index (χ0n) is 24.1. The number of rotatable bonds is 5. The Bertz CT molecular complexity index is 2180. The van der Waals surface area contributed by atoms with E-state index in [1.165, 1.54) is 16.5 Å². The van der Waals surface area contributed by atoms with E-state index in [0.717, 1.165) is 32.8 Å². The van der Waals surface area contributed by atoms with Gasteiger partial charge in [0.1, 0.15) is 13.0 Å². The molecule has 2 aromatic heterocycles. The topological polar surface area (TPSA) is 44.1 Å². The number of fused-ring (bicyclic) bond motifs is 5. The molecule has 0 aliphatic carbocycles. The zero-order chi connectivity index (χ0) is 29.2. The summed E-state index contributed by atoms with van der Waals surface area (Å²) >= 11 is 0. The van der Waals surface area contributed by atoms with E-state index in [2.05, 4.69) is 60.9 Å². The first-order chi connectivity index (χ1) is 21.0. The van der Waals surface area contributed by atoms with Crippen LogP contribution >= 0.6 is 7.14 Å². The molecule has 5 aromatic carbocycles. The molecule has 1 aliphatic rings. The van der Waals surface area contributed by atoms with Gasteiger partial charge in [0.05, 0.1) is 0 Å². The molecule has 4 nitrogen and oxygen atoms in total. The molecule has 0 saturated heterocycles. The van der Waals surface area contributed by atoms with Crippen LogP contribution < -0.4 is 20.7 Å². The third-order valence-electron chi connectivity index (χ3n) is 8.57. The van der Waals surface area contributed by atoms with Crippen LogP contribution in [0, 0.1) is 12.1 Å². The third-order valence-corrected chi connectivity index (χ3v) is 11.6. The van der Waals surface area contributed by atoms with Gasteiger partial charge in [-0.15, -0.1) is 29.7 Å². The van der Waals surface area contributed by atoms with Gasteiger partial charge in [-0.3, -0.25) is 0 Å². The third kappa shape index (κ3) is 4.23. The van der Waals surface area contributed by atoms with Crippen LogP contribution in [0.1, 0.15) is 25.0 Å². The van der Waals surface area contributed by atoms with E-state index in [4.69, 9.17) is 9.72 Å². The van der Waals surface area contributed by atoms with Crippen LogP contribution in [-0.4, -0.2) is 9.55 Å². The minimum atomic E-state index is -3.18. The molecular weight excluding hydrogens is 654 g/mol. The fourth-order valence-corrected chi connectivity index (χ4v) is 9.06. The molecule has 0 amide bonds. The molecular formula is C38H27N2O2PPd. The molecule has 216 valence electrons. The van der Waals surface area contributed by atoms with Crippen molar-refractivity contribution in [1.29, 1.82) is 0 Å². The first-order valence-corrected chi connectivity index (χ1v) is 16.0. The second kappa shape index (κ2) is 10.7. The summed E-state index contributed by atoms with van der Waals surface area (Å²) in [4.78, 5) is 4.84. The van der Waals surface area contributed by atoms with E-state index in [1.54, 1.807) is 0 Å². The Morgan fingerprint density at radius 3 is 2.07 bits per heavy atom. The summed E-state index contributed by atoms with van der Waals surface area (Å²) in [5, 5.41) is 4.36. The largest absolute Gasteiger partial charge is 2.00 e. The van der Waals surface area contributed by atoms with Gasteiger partial charge < -0.3 is 13.9 Å². The molecule has 0 bridgehead atoms. The summed E-state index contributed by atoms with van der Waals surface area (Å²) < 4.78 is 23.5. The molecule has 7 aromatic rings. The Morgan fingerprint density at radius 2 is 1.34 bits per heavy atom. The Kier molecular flexibility index (Phi) is 6.95. The maximum atomic E-state index is 14.9. The predicted octanol–water partition coefficient (Wildman–Crippen LogP) is 7.85. The normalized spacial score (nSPS) is 13.3. The van der Waals surface area contributed by atoms with Gasteiger partial charge >= 0.3 is 20.4 Å². The van der Waals surface area contributed by atoms with Crippen molar-refractivity contribution in [2.45, 2.75) is 19.3 Å². The van der Waals surface area contributed by atoms with Gasteiger partial charge in [-0.2, -0.15) is 18.2 Å². The number of para-hydroxylation sites is 1. The first kappa shape index (κ1) is 28.5. The summed E-state index contributed by atoms with van der Waals surface area (Å²) in [6.07, 6.45) is 1.85. The van der Waals surface area contributed by atoms with E-state index in [1.807, 2.05) is 97.2 Å². The van der Waals surface area contributed by atoms with Crippen LogP contribution in [0.25, 0.3) is 27.6 Å². The average molecular weight is 681 g/mol. The molecule has 0 radical (unpaired) electrons. The summed E-state index contributed by atoms with van der Waals surface area (Å²) in [5.41, 5.74) is 4.31. The standard InChI is InChI=1S/C38H27N2O2P.Pd/c1-38(2)33-19-10-18-32-31-22-21-27(25-35(31)40(36(32)33)37-34(38)20-11-23-39-37)42-26-12-9-17-30(24-26)43(41,28-13-5-3-6-14-28)29-15-7-4-8-16-29;/h3-23H,1-2H3;/q-2;+2. The van der Waals surface area contributed by atoms with Crippen molar-refractivity contribution in [1.82, 2.24) is 9.55 Å². The van der Waals surface area contributed by atoms with Crippen LogP contribution in [0.5, 0.6) is 11.5 Å². The number of pyridine rings is 1. The molecule has 8 rings (SSSR count). The smallest absolute Gasteiger partial charge is 0.509 e. The van der Waals surface area contributed by atoms with Crippen LogP contribution in [0.15, 0.2) is 128 Å². The molecule has 0 N–H and O–H groups in total. The van der Waals surface area contributed by atoms with E-state index >= 15 is 0 Å². The summed E-state index contributed by atoms with van der Waals surface area (Å²) in [6.45, 7) is 4.52. The molecule has 1 aliphatic heterocycles. The average Bonchev–Trinajstić information content (AvgIpc) is 3.38. The fraction of sp³-hybridized carbons (Fsp3) is 0.0789. The van der Waals surface area contributed by atoms with Crippen LogP contribution in [0.3, 0.4) is 0 Å². The van der Waals surface area contributed by atoms with Gasteiger partial charge in [-0.05, 0) is 17.0 Å². The molecule has 0 spiro atoms. The van der Waals surface area contributed by atoms with Crippen LogP contribution in [0.2, 0.25) is 0 Å². The Morgan fingerprint density at radius 1 is 0.682 bits per heavy atom. The van der Waals surface area contributed by atoms with Crippen molar-refractivity contribution in [2.75, 3.05) is 0 Å². The number of aromatic nitrogens is 2. The molecule has 0 saturated carbocycles. The van der Waals surface area contributed by atoms with E-state index in [-0.39, 0.29) is 25.8 Å². The van der Waals surface area contributed by atoms with Crippen molar-refractivity contribution in [3.05, 3.63) is 151 Å². The van der Waals surface area contributed by atoms with Crippen molar-refractivity contribution < 1.29 is 29.7 Å². The molecule has 44 heavy (non-hydrogen) atoms. The van der Waals surface area contributed by atoms with Crippen LogP contribution in [-0.2, 0) is 30.4 Å². The van der Waals surface area contributed by atoms with Gasteiger partial charge in [0.2, 0.25) is 0 Å². The van der Waals surface area contributed by atoms with Crippen molar-refractivity contribution >= 4 is 44.9 Å². The van der Waals surface area contributed by atoms with Crippen molar-refractivity contribution in [2.24, 2.45) is 0 Å². The molecule has 3 heterocycles.